The highest BCUT2D eigenvalue weighted by Crippen LogP contribution is 2.32. The highest BCUT2D eigenvalue weighted by Gasteiger charge is 2.16. The van der Waals surface area contributed by atoms with Gasteiger partial charge in [-0.1, -0.05) is 23.2 Å². The molecule has 1 aromatic carbocycles. The lowest BCUT2D eigenvalue weighted by atomic mass is 10.1. The summed E-state index contributed by atoms with van der Waals surface area (Å²) in [5, 5.41) is 0.802. The van der Waals surface area contributed by atoms with Crippen molar-refractivity contribution in [1.82, 2.24) is 0 Å². The first-order valence-corrected chi connectivity index (χ1v) is 4.01. The molecule has 0 saturated heterocycles. The summed E-state index contributed by atoms with van der Waals surface area (Å²) in [7, 11) is 0. The Labute approximate surface area is 78.8 Å². The Morgan fingerprint density at radius 2 is 1.83 bits per heavy atom. The van der Waals surface area contributed by atoms with E-state index in [1.54, 1.807) is 6.07 Å². The third-order valence-electron chi connectivity index (χ3n) is 1.62. The fourth-order valence-corrected chi connectivity index (χ4v) is 1.36. The van der Waals surface area contributed by atoms with Crippen molar-refractivity contribution in [2.45, 2.75) is 0 Å². The number of ketones is 1. The molecule has 0 unspecified atom stereocenters. The molecule has 0 bridgehead atoms. The maximum absolute atomic E-state index is 11.1. The number of fused-ring (bicyclic) bond motifs is 1. The highest BCUT2D eigenvalue weighted by atomic mass is 35.5. The van der Waals surface area contributed by atoms with Gasteiger partial charge >= 0.3 is 0 Å². The van der Waals surface area contributed by atoms with Gasteiger partial charge in [-0.15, -0.1) is 0 Å². The van der Waals surface area contributed by atoms with E-state index in [1.165, 1.54) is 12.3 Å². The minimum Gasteiger partial charge on any atom is -0.287 e. The van der Waals surface area contributed by atoms with E-state index in [0.717, 1.165) is 0 Å². The van der Waals surface area contributed by atoms with Crippen molar-refractivity contribution in [2.75, 3.05) is 0 Å². The van der Waals surface area contributed by atoms with E-state index in [9.17, 15) is 4.79 Å². The number of hydrogen-bond acceptors (Lipinski definition) is 2. The fraction of sp³-hybridized carbons (Fsp3) is 0. The van der Waals surface area contributed by atoms with Crippen LogP contribution in [0.1, 0.15) is 10.4 Å². The van der Waals surface area contributed by atoms with Crippen LogP contribution in [0.15, 0.2) is 17.1 Å². The van der Waals surface area contributed by atoms with Gasteiger partial charge in [-0.3, -0.25) is 9.79 Å². The van der Waals surface area contributed by atoms with Gasteiger partial charge in [0.15, 0.2) is 0 Å². The number of carbonyl (C=O) groups excluding carboxylic acids is 1. The van der Waals surface area contributed by atoms with E-state index in [2.05, 4.69) is 4.99 Å². The second kappa shape index (κ2) is 2.57. The molecule has 1 aliphatic heterocycles. The van der Waals surface area contributed by atoms with Crippen LogP contribution in [-0.2, 0) is 0 Å². The van der Waals surface area contributed by atoms with Gasteiger partial charge in [0, 0.05) is 0 Å². The molecule has 0 fully saturated rings. The number of Topliss-reactive ketones (excluding diaryl/α,β-unsaturated/α-hetero) is 1. The first-order valence-electron chi connectivity index (χ1n) is 3.26. The molecule has 0 spiro atoms. The Morgan fingerprint density at radius 3 is 2.58 bits per heavy atom. The highest BCUT2D eigenvalue weighted by molar-refractivity contribution is 6.45. The van der Waals surface area contributed by atoms with Crippen LogP contribution < -0.4 is 0 Å². The fourth-order valence-electron chi connectivity index (χ4n) is 1.04. The lowest BCUT2D eigenvalue weighted by molar-refractivity contribution is 0.107. The topological polar surface area (TPSA) is 29.4 Å². The standard InChI is InChI=1S/C8H3Cl2NO/c9-5-1-4-7(2-6(5)10)11-3-8(4)12/h1-3H. The minimum atomic E-state index is -0.122. The third-order valence-corrected chi connectivity index (χ3v) is 2.35. The Hall–Kier alpha value is -0.860. The maximum atomic E-state index is 11.1. The van der Waals surface area contributed by atoms with Gasteiger partial charge in [-0.25, -0.2) is 0 Å². The summed E-state index contributed by atoms with van der Waals surface area (Å²) >= 11 is 11.4. The number of rotatable bonds is 0. The van der Waals surface area contributed by atoms with Crippen LogP contribution in [0.3, 0.4) is 0 Å². The molecule has 0 amide bonds. The summed E-state index contributed by atoms with van der Waals surface area (Å²) in [6.45, 7) is 0. The van der Waals surface area contributed by atoms with Gasteiger partial charge in [0.25, 0.3) is 0 Å². The van der Waals surface area contributed by atoms with Crippen LogP contribution in [0.4, 0.5) is 5.69 Å². The first-order chi connectivity index (χ1) is 5.68. The van der Waals surface area contributed by atoms with E-state index < -0.39 is 0 Å². The van der Waals surface area contributed by atoms with Crippen molar-refractivity contribution in [3.63, 3.8) is 0 Å². The zero-order valence-corrected chi connectivity index (χ0v) is 7.36. The molecule has 0 saturated carbocycles. The van der Waals surface area contributed by atoms with Crippen molar-refractivity contribution in [2.24, 2.45) is 4.99 Å². The van der Waals surface area contributed by atoms with E-state index in [0.29, 0.717) is 21.3 Å². The number of nitrogens with zero attached hydrogens (tertiary/aromatic N) is 1. The summed E-state index contributed by atoms with van der Waals surface area (Å²) in [5.74, 6) is -0.122. The molecule has 1 heterocycles. The smallest absolute Gasteiger partial charge is 0.206 e. The maximum Gasteiger partial charge on any atom is 0.206 e. The van der Waals surface area contributed by atoms with Crippen molar-refractivity contribution >= 4 is 40.9 Å². The predicted octanol–water partition coefficient (Wildman–Crippen LogP) is 2.89. The average molecular weight is 200 g/mol. The molecule has 1 aliphatic rings. The van der Waals surface area contributed by atoms with E-state index in [-0.39, 0.29) is 5.78 Å². The summed E-state index contributed by atoms with van der Waals surface area (Å²) in [4.78, 5) is 14.9. The average Bonchev–Trinajstić information content (AvgIpc) is 2.35. The second-order valence-corrected chi connectivity index (χ2v) is 3.22. The predicted molar refractivity (Wildman–Crippen MR) is 48.9 cm³/mol. The summed E-state index contributed by atoms with van der Waals surface area (Å²) in [6.07, 6.45) is 1.26. The lowest BCUT2D eigenvalue weighted by Gasteiger charge is -1.98. The van der Waals surface area contributed by atoms with Crippen molar-refractivity contribution in [3.8, 4) is 0 Å². The molecule has 4 heteroatoms. The van der Waals surface area contributed by atoms with Gasteiger partial charge in [0.05, 0.1) is 27.5 Å². The van der Waals surface area contributed by atoms with E-state index in [1.807, 2.05) is 0 Å². The molecule has 0 atom stereocenters. The molecule has 2 nitrogen and oxygen atoms in total. The third kappa shape index (κ3) is 1.04. The quantitative estimate of drug-likeness (QED) is 0.632. The molecule has 0 aromatic heterocycles. The summed E-state index contributed by atoms with van der Waals surface area (Å²) in [5.41, 5.74) is 1.11. The van der Waals surface area contributed by atoms with Crippen LogP contribution in [0.5, 0.6) is 0 Å². The molecule has 0 N–H and O–H groups in total. The number of aliphatic imine (C=N–C) groups is 1. The van der Waals surface area contributed by atoms with Crippen molar-refractivity contribution < 1.29 is 4.79 Å². The van der Waals surface area contributed by atoms with Gasteiger partial charge < -0.3 is 0 Å². The molecule has 60 valence electrons. The van der Waals surface area contributed by atoms with E-state index >= 15 is 0 Å². The second-order valence-electron chi connectivity index (χ2n) is 2.41. The van der Waals surface area contributed by atoms with Crippen LogP contribution in [0.25, 0.3) is 0 Å². The normalized spacial score (nSPS) is 13.7. The summed E-state index contributed by atoms with van der Waals surface area (Å²) in [6, 6.07) is 3.12. The van der Waals surface area contributed by atoms with Crippen molar-refractivity contribution in [3.05, 3.63) is 27.7 Å². The number of hydrogen-bond donors (Lipinski definition) is 0. The minimum absolute atomic E-state index is 0.122. The van der Waals surface area contributed by atoms with Gasteiger partial charge in [0.1, 0.15) is 0 Å². The molecular weight excluding hydrogens is 197 g/mol. The van der Waals surface area contributed by atoms with Crippen LogP contribution in [0, 0.1) is 0 Å². The van der Waals surface area contributed by atoms with Crippen molar-refractivity contribution in [1.29, 1.82) is 0 Å². The SMILES string of the molecule is O=C1C=Nc2cc(Cl)c(Cl)cc21. The van der Waals surface area contributed by atoms with Gasteiger partial charge in [0.2, 0.25) is 5.78 Å². The summed E-state index contributed by atoms with van der Waals surface area (Å²) < 4.78 is 0. The lowest BCUT2D eigenvalue weighted by Crippen LogP contribution is -1.93. The molecule has 2 rings (SSSR count). The molecule has 12 heavy (non-hydrogen) atoms. The Balaban J connectivity index is 2.69. The molecule has 0 aliphatic carbocycles. The number of benzene rings is 1. The molecule has 1 aromatic rings. The van der Waals surface area contributed by atoms with Gasteiger partial charge in [-0.2, -0.15) is 0 Å². The van der Waals surface area contributed by atoms with Crippen LogP contribution >= 0.6 is 23.2 Å². The number of halogens is 2. The Kier molecular flexibility index (Phi) is 1.67. The zero-order valence-electron chi connectivity index (χ0n) is 5.84. The molecule has 0 radical (unpaired) electrons. The van der Waals surface area contributed by atoms with Gasteiger partial charge in [-0.05, 0) is 12.1 Å². The first kappa shape index (κ1) is 7.77. The van der Waals surface area contributed by atoms with Crippen LogP contribution in [0.2, 0.25) is 10.0 Å². The number of carbonyl (C=O) groups is 1. The molecular formula is C8H3Cl2NO. The van der Waals surface area contributed by atoms with E-state index in [4.69, 9.17) is 23.2 Å². The largest absolute Gasteiger partial charge is 0.287 e. The Morgan fingerprint density at radius 1 is 1.17 bits per heavy atom. The van der Waals surface area contributed by atoms with Crippen LogP contribution in [-0.4, -0.2) is 12.0 Å². The monoisotopic (exact) mass is 199 g/mol. The Bertz CT molecular complexity index is 398. The zero-order chi connectivity index (χ0) is 8.72.